The van der Waals surface area contributed by atoms with E-state index in [-0.39, 0.29) is 0 Å². The van der Waals surface area contributed by atoms with E-state index in [1.165, 1.54) is 16.7 Å². The lowest BCUT2D eigenvalue weighted by Gasteiger charge is -2.27. The van der Waals surface area contributed by atoms with Crippen LogP contribution >= 0.6 is 0 Å². The molecule has 2 rings (SSSR count). The van der Waals surface area contributed by atoms with Crippen LogP contribution in [-0.2, 0) is 11.3 Å². The predicted octanol–water partition coefficient (Wildman–Crippen LogP) is 1.72. The summed E-state index contributed by atoms with van der Waals surface area (Å²) in [6.45, 7) is 8.92. The summed E-state index contributed by atoms with van der Waals surface area (Å²) >= 11 is 0. The van der Waals surface area contributed by atoms with Crippen LogP contribution in [0.3, 0.4) is 0 Å². The third-order valence-electron chi connectivity index (χ3n) is 3.16. The van der Waals surface area contributed by atoms with Gasteiger partial charge >= 0.3 is 0 Å². The van der Waals surface area contributed by atoms with Crippen molar-refractivity contribution in [2.75, 3.05) is 32.0 Å². The number of benzene rings is 1. The van der Waals surface area contributed by atoms with Crippen LogP contribution in [0.5, 0.6) is 0 Å². The molecule has 1 aliphatic heterocycles. The summed E-state index contributed by atoms with van der Waals surface area (Å²) in [4.78, 5) is 2.42. The van der Waals surface area contributed by atoms with Gasteiger partial charge in [-0.25, -0.2) is 0 Å². The molecule has 1 fully saturated rings. The smallest absolute Gasteiger partial charge is 0.0594 e. The Morgan fingerprint density at radius 3 is 2.31 bits per heavy atom. The quantitative estimate of drug-likeness (QED) is 0.771. The highest BCUT2D eigenvalue weighted by atomic mass is 16.5. The fourth-order valence-electron chi connectivity index (χ4n) is 2.17. The summed E-state index contributed by atoms with van der Waals surface area (Å²) in [7, 11) is 0. The molecule has 0 atom stereocenters. The molecule has 0 radical (unpaired) electrons. The molecule has 3 heteroatoms. The maximum absolute atomic E-state index is 5.95. The molecule has 0 amide bonds. The molecular weight excluding hydrogens is 200 g/mol. The number of nitrogens with zero attached hydrogens (tertiary/aromatic N) is 1. The molecule has 1 aliphatic rings. The van der Waals surface area contributed by atoms with Gasteiger partial charge in [0.1, 0.15) is 0 Å². The van der Waals surface area contributed by atoms with Crippen molar-refractivity contribution in [3.05, 3.63) is 28.8 Å². The van der Waals surface area contributed by atoms with Crippen LogP contribution in [0, 0.1) is 13.8 Å². The van der Waals surface area contributed by atoms with Crippen LogP contribution in [0.25, 0.3) is 0 Å². The normalized spacial score (nSPS) is 17.6. The first-order valence-electron chi connectivity index (χ1n) is 5.82. The molecular formula is C13H20N2O. The van der Waals surface area contributed by atoms with Gasteiger partial charge in [0.2, 0.25) is 0 Å². The van der Waals surface area contributed by atoms with Gasteiger partial charge in [-0.1, -0.05) is 12.1 Å². The molecule has 88 valence electrons. The van der Waals surface area contributed by atoms with E-state index in [4.69, 9.17) is 10.5 Å². The Kier molecular flexibility index (Phi) is 3.46. The zero-order valence-corrected chi connectivity index (χ0v) is 10.1. The van der Waals surface area contributed by atoms with Crippen LogP contribution in [-0.4, -0.2) is 31.2 Å². The van der Waals surface area contributed by atoms with Crippen molar-refractivity contribution in [1.82, 2.24) is 4.90 Å². The number of aryl methyl sites for hydroxylation is 2. The number of hydrogen-bond donors (Lipinski definition) is 1. The third kappa shape index (κ3) is 2.54. The monoisotopic (exact) mass is 220 g/mol. The van der Waals surface area contributed by atoms with Gasteiger partial charge in [0.15, 0.2) is 0 Å². The molecule has 3 nitrogen and oxygen atoms in total. The van der Waals surface area contributed by atoms with Crippen molar-refractivity contribution < 1.29 is 4.74 Å². The average molecular weight is 220 g/mol. The molecule has 1 heterocycles. The lowest BCUT2D eigenvalue weighted by molar-refractivity contribution is 0.0342. The van der Waals surface area contributed by atoms with E-state index in [9.17, 15) is 0 Å². The Morgan fingerprint density at radius 1 is 1.19 bits per heavy atom. The third-order valence-corrected chi connectivity index (χ3v) is 3.16. The number of rotatable bonds is 2. The van der Waals surface area contributed by atoms with Gasteiger partial charge in [-0.3, -0.25) is 4.90 Å². The van der Waals surface area contributed by atoms with E-state index in [2.05, 4.69) is 30.9 Å². The Morgan fingerprint density at radius 2 is 1.75 bits per heavy atom. The summed E-state index contributed by atoms with van der Waals surface area (Å²) in [5.41, 5.74) is 10.6. The second-order valence-corrected chi connectivity index (χ2v) is 4.53. The van der Waals surface area contributed by atoms with Crippen molar-refractivity contribution in [1.29, 1.82) is 0 Å². The highest BCUT2D eigenvalue weighted by molar-refractivity contribution is 5.54. The molecule has 16 heavy (non-hydrogen) atoms. The zero-order chi connectivity index (χ0) is 11.5. The summed E-state index contributed by atoms with van der Waals surface area (Å²) < 4.78 is 5.34. The van der Waals surface area contributed by atoms with E-state index in [1.807, 2.05) is 0 Å². The summed E-state index contributed by atoms with van der Waals surface area (Å²) in [5, 5.41) is 0. The molecule has 1 aromatic rings. The fraction of sp³-hybridized carbons (Fsp3) is 0.538. The minimum absolute atomic E-state index is 0.854. The summed E-state index contributed by atoms with van der Waals surface area (Å²) in [6, 6.07) is 4.38. The number of ether oxygens (including phenoxy) is 1. The first-order chi connectivity index (χ1) is 7.66. The lowest BCUT2D eigenvalue weighted by Crippen LogP contribution is -2.35. The van der Waals surface area contributed by atoms with Crippen molar-refractivity contribution in [2.24, 2.45) is 0 Å². The van der Waals surface area contributed by atoms with Crippen molar-refractivity contribution in [2.45, 2.75) is 20.4 Å². The van der Waals surface area contributed by atoms with Gasteiger partial charge < -0.3 is 10.5 Å². The lowest BCUT2D eigenvalue weighted by atomic mass is 10.0. The van der Waals surface area contributed by atoms with Gasteiger partial charge in [-0.15, -0.1) is 0 Å². The Balaban J connectivity index is 2.09. The predicted molar refractivity (Wildman–Crippen MR) is 66.4 cm³/mol. The number of nitrogens with two attached hydrogens (primary N) is 1. The molecule has 0 bridgehead atoms. The second kappa shape index (κ2) is 4.85. The van der Waals surface area contributed by atoms with E-state index in [0.29, 0.717) is 0 Å². The molecule has 0 spiro atoms. The molecule has 0 aliphatic carbocycles. The van der Waals surface area contributed by atoms with Crippen molar-refractivity contribution in [3.63, 3.8) is 0 Å². The molecule has 0 saturated carbocycles. The van der Waals surface area contributed by atoms with Crippen molar-refractivity contribution >= 4 is 5.69 Å². The van der Waals surface area contributed by atoms with Gasteiger partial charge in [0.05, 0.1) is 13.2 Å². The minimum Gasteiger partial charge on any atom is -0.398 e. The van der Waals surface area contributed by atoms with E-state index >= 15 is 0 Å². The Labute approximate surface area is 97.2 Å². The number of nitrogen functional groups attached to an aromatic ring is 1. The molecule has 0 aromatic heterocycles. The van der Waals surface area contributed by atoms with Crippen molar-refractivity contribution in [3.8, 4) is 0 Å². The van der Waals surface area contributed by atoms with Gasteiger partial charge in [-0.05, 0) is 30.5 Å². The standard InChI is InChI=1S/C13H20N2O/c1-10-7-12(8-11(2)13(10)14)9-15-3-5-16-6-4-15/h7-8H,3-6,9,14H2,1-2H3. The minimum atomic E-state index is 0.854. The first kappa shape index (κ1) is 11.4. The molecule has 1 saturated heterocycles. The Bertz CT molecular complexity index is 347. The molecule has 1 aromatic carbocycles. The number of anilines is 1. The van der Waals surface area contributed by atoms with Gasteiger partial charge in [-0.2, -0.15) is 0 Å². The molecule has 2 N–H and O–H groups in total. The number of morpholine rings is 1. The summed E-state index contributed by atoms with van der Waals surface area (Å²) in [5.74, 6) is 0. The maximum atomic E-state index is 5.95. The van der Waals surface area contributed by atoms with Crippen LogP contribution < -0.4 is 5.73 Å². The van der Waals surface area contributed by atoms with Crippen LogP contribution in [0.15, 0.2) is 12.1 Å². The van der Waals surface area contributed by atoms with Gasteiger partial charge in [0, 0.05) is 25.3 Å². The molecule has 0 unspecified atom stereocenters. The zero-order valence-electron chi connectivity index (χ0n) is 10.1. The van der Waals surface area contributed by atoms with Crippen LogP contribution in [0.1, 0.15) is 16.7 Å². The SMILES string of the molecule is Cc1cc(CN2CCOCC2)cc(C)c1N. The maximum Gasteiger partial charge on any atom is 0.0594 e. The topological polar surface area (TPSA) is 38.5 Å². The number of hydrogen-bond acceptors (Lipinski definition) is 3. The highest BCUT2D eigenvalue weighted by Gasteiger charge is 2.11. The van der Waals surface area contributed by atoms with E-state index in [0.717, 1.165) is 38.5 Å². The first-order valence-corrected chi connectivity index (χ1v) is 5.82. The van der Waals surface area contributed by atoms with Crippen LogP contribution in [0.2, 0.25) is 0 Å². The largest absolute Gasteiger partial charge is 0.398 e. The average Bonchev–Trinajstić information content (AvgIpc) is 2.27. The highest BCUT2D eigenvalue weighted by Crippen LogP contribution is 2.19. The van der Waals surface area contributed by atoms with E-state index < -0.39 is 0 Å². The van der Waals surface area contributed by atoms with E-state index in [1.54, 1.807) is 0 Å². The van der Waals surface area contributed by atoms with Crippen LogP contribution in [0.4, 0.5) is 5.69 Å². The fourth-order valence-corrected chi connectivity index (χ4v) is 2.17. The van der Waals surface area contributed by atoms with Gasteiger partial charge in [0.25, 0.3) is 0 Å². The summed E-state index contributed by atoms with van der Waals surface area (Å²) in [6.07, 6.45) is 0. The second-order valence-electron chi connectivity index (χ2n) is 4.53. The Hall–Kier alpha value is -1.06.